The smallest absolute Gasteiger partial charge is 0.0726 e. The van der Waals surface area contributed by atoms with Gasteiger partial charge in [-0.15, -0.1) is 11.3 Å². The largest absolute Gasteiger partial charge is 0.310 e. The molecule has 0 bridgehead atoms. The summed E-state index contributed by atoms with van der Waals surface area (Å²) in [6, 6.07) is 104. The molecule has 0 fully saturated rings. The summed E-state index contributed by atoms with van der Waals surface area (Å²) < 4.78 is 2.63. The van der Waals surface area contributed by atoms with Crippen LogP contribution >= 0.6 is 11.3 Å². The van der Waals surface area contributed by atoms with Gasteiger partial charge in [0.2, 0.25) is 0 Å². The van der Waals surface area contributed by atoms with Crippen molar-refractivity contribution in [2.75, 3.05) is 9.80 Å². The minimum absolute atomic E-state index is 0.627. The van der Waals surface area contributed by atoms with Crippen molar-refractivity contribution in [2.24, 2.45) is 0 Å². The van der Waals surface area contributed by atoms with E-state index in [-0.39, 0.29) is 0 Å². The van der Waals surface area contributed by atoms with Gasteiger partial charge in [0.15, 0.2) is 0 Å². The first-order chi connectivity index (χ1) is 37.7. The Hall–Kier alpha value is -9.54. The molecule has 2 nitrogen and oxygen atoms in total. The van der Waals surface area contributed by atoms with E-state index in [2.05, 4.69) is 289 Å². The zero-order chi connectivity index (χ0) is 49.9. The number of hydrogen-bond acceptors (Lipinski definition) is 3. The topological polar surface area (TPSA) is 6.48 Å². The van der Waals surface area contributed by atoms with E-state index < -0.39 is 5.41 Å². The van der Waals surface area contributed by atoms with Gasteiger partial charge >= 0.3 is 0 Å². The standard InChI is InChI=1S/C73H46N2S/c1-3-21-47(22-4-1)51-25-11-17-35-68(51)74(49-39-41-54-57-30-12-18-36-69(57)75(48-23-5-2-6-24-48)70-37-19-13-31-58(70)60(54)43-49)50-40-42-66-61(44-50)53-27-8-7-26-52(53)55-28-9-15-33-64(55)73(66)65-34-16-10-29-56(65)62-45-63-59-32-14-20-38-71(59)76-72(63)46-67(62)73/h1-46H. The normalized spacial score (nSPS) is 14.3. The Morgan fingerprint density at radius 1 is 0.289 bits per heavy atom. The molecule has 0 saturated heterocycles. The van der Waals surface area contributed by atoms with Crippen LogP contribution in [-0.4, -0.2) is 0 Å². The van der Waals surface area contributed by atoms with Crippen molar-refractivity contribution in [2.45, 2.75) is 5.41 Å². The second kappa shape index (κ2) is 16.7. The van der Waals surface area contributed by atoms with Crippen molar-refractivity contribution in [3.8, 4) is 66.8 Å². The van der Waals surface area contributed by atoms with E-state index >= 15 is 0 Å². The molecule has 76 heavy (non-hydrogen) atoms. The average molecular weight is 983 g/mol. The van der Waals surface area contributed by atoms with Gasteiger partial charge in [-0.25, -0.2) is 0 Å². The molecule has 1 aliphatic heterocycles. The summed E-state index contributed by atoms with van der Waals surface area (Å²) in [5, 5.41) is 2.64. The minimum atomic E-state index is -0.627. The van der Waals surface area contributed by atoms with Crippen LogP contribution in [0.1, 0.15) is 22.3 Å². The van der Waals surface area contributed by atoms with E-state index in [4.69, 9.17) is 0 Å². The summed E-state index contributed by atoms with van der Waals surface area (Å²) in [7, 11) is 0. The number of benzene rings is 12. The highest BCUT2D eigenvalue weighted by molar-refractivity contribution is 7.25. The molecule has 1 aromatic heterocycles. The van der Waals surface area contributed by atoms with Gasteiger partial charge in [0.1, 0.15) is 0 Å². The maximum Gasteiger partial charge on any atom is 0.0726 e. The van der Waals surface area contributed by atoms with E-state index in [1.165, 1.54) is 98.1 Å². The summed E-state index contributed by atoms with van der Waals surface area (Å²) in [6.45, 7) is 0. The second-order valence-corrected chi connectivity index (χ2v) is 21.3. The fourth-order valence-electron chi connectivity index (χ4n) is 13.3. The van der Waals surface area contributed by atoms with Gasteiger partial charge in [-0.2, -0.15) is 0 Å². The van der Waals surface area contributed by atoms with Gasteiger partial charge in [0.05, 0.1) is 22.5 Å². The van der Waals surface area contributed by atoms with E-state index in [0.29, 0.717) is 0 Å². The van der Waals surface area contributed by atoms with Gasteiger partial charge < -0.3 is 9.80 Å². The van der Waals surface area contributed by atoms with Gasteiger partial charge in [0.25, 0.3) is 0 Å². The molecule has 13 aromatic rings. The summed E-state index contributed by atoms with van der Waals surface area (Å²) in [5.41, 5.74) is 25.9. The monoisotopic (exact) mass is 982 g/mol. The summed E-state index contributed by atoms with van der Waals surface area (Å²) in [6.07, 6.45) is 0. The Morgan fingerprint density at radius 2 is 0.776 bits per heavy atom. The molecule has 2 heterocycles. The van der Waals surface area contributed by atoms with Crippen LogP contribution in [-0.2, 0) is 5.41 Å². The van der Waals surface area contributed by atoms with Crippen molar-refractivity contribution >= 4 is 65.6 Å². The fourth-order valence-corrected chi connectivity index (χ4v) is 14.4. The fraction of sp³-hybridized carbons (Fsp3) is 0.0137. The molecular weight excluding hydrogens is 937 g/mol. The van der Waals surface area contributed by atoms with Crippen molar-refractivity contribution in [3.63, 3.8) is 0 Å². The third-order valence-electron chi connectivity index (χ3n) is 16.4. The maximum atomic E-state index is 2.55. The molecule has 16 rings (SSSR count). The van der Waals surface area contributed by atoms with Gasteiger partial charge in [-0.05, 0) is 145 Å². The quantitative estimate of drug-likeness (QED) is 0.170. The lowest BCUT2D eigenvalue weighted by Crippen LogP contribution is -2.29. The van der Waals surface area contributed by atoms with Crippen LogP contribution in [0.25, 0.3) is 86.9 Å². The van der Waals surface area contributed by atoms with Crippen LogP contribution in [0.15, 0.2) is 279 Å². The number of fused-ring (bicyclic) bond motifs is 20. The highest BCUT2D eigenvalue weighted by atomic mass is 32.1. The van der Waals surface area contributed by atoms with Crippen LogP contribution in [0, 0.1) is 0 Å². The highest BCUT2D eigenvalue weighted by Gasteiger charge is 2.50. The molecule has 12 aromatic carbocycles. The molecule has 0 radical (unpaired) electrons. The van der Waals surface area contributed by atoms with Crippen LogP contribution in [0.2, 0.25) is 0 Å². The predicted octanol–water partition coefficient (Wildman–Crippen LogP) is 20.3. The highest BCUT2D eigenvalue weighted by Crippen LogP contribution is 2.63. The number of rotatable bonds is 5. The second-order valence-electron chi connectivity index (χ2n) is 20.3. The summed E-state index contributed by atoms with van der Waals surface area (Å²) in [5.74, 6) is 0. The average Bonchev–Trinajstić information content (AvgIpc) is 4.00. The van der Waals surface area contributed by atoms with E-state index in [9.17, 15) is 0 Å². The first kappa shape index (κ1) is 42.9. The Balaban J connectivity index is 0.987. The van der Waals surface area contributed by atoms with Crippen LogP contribution < -0.4 is 9.80 Å². The zero-order valence-corrected chi connectivity index (χ0v) is 42.2. The van der Waals surface area contributed by atoms with Crippen molar-refractivity contribution in [1.82, 2.24) is 0 Å². The lowest BCUT2D eigenvalue weighted by Gasteiger charge is -2.36. The first-order valence-corrected chi connectivity index (χ1v) is 27.1. The molecule has 1 unspecified atom stereocenters. The van der Waals surface area contributed by atoms with Crippen LogP contribution in [0.5, 0.6) is 0 Å². The number of hydrogen-bond donors (Lipinski definition) is 0. The Labute approximate surface area is 446 Å². The predicted molar refractivity (Wildman–Crippen MR) is 320 cm³/mol. The van der Waals surface area contributed by atoms with Crippen LogP contribution in [0.3, 0.4) is 0 Å². The van der Waals surface area contributed by atoms with E-state index in [1.807, 2.05) is 11.3 Å². The molecule has 3 heteroatoms. The molecule has 0 amide bonds. The first-order valence-electron chi connectivity index (χ1n) is 26.2. The minimum Gasteiger partial charge on any atom is -0.310 e. The van der Waals surface area contributed by atoms with E-state index in [1.54, 1.807) is 0 Å². The SMILES string of the molecule is c1ccc(-c2ccccc2N(c2ccc3c(c2)-c2ccccc2N(c2ccccc2)c2ccccc2-3)c2ccc3c(c2)-c2ccccc2-c2ccccc2C32c3ccccc3-c3cc4c(cc32)sc2ccccc24)cc1. The Morgan fingerprint density at radius 3 is 1.50 bits per heavy atom. The molecule has 3 aliphatic rings. The number of para-hydroxylation sites is 4. The van der Waals surface area contributed by atoms with Gasteiger partial charge in [-0.3, -0.25) is 0 Å². The lowest BCUT2D eigenvalue weighted by atomic mass is 9.66. The number of anilines is 6. The van der Waals surface area contributed by atoms with Gasteiger partial charge in [-0.1, -0.05) is 206 Å². The summed E-state index contributed by atoms with van der Waals surface area (Å²) >= 11 is 1.90. The maximum absolute atomic E-state index is 2.55. The molecule has 1 atom stereocenters. The molecule has 2 aliphatic carbocycles. The van der Waals surface area contributed by atoms with E-state index in [0.717, 1.165) is 45.3 Å². The number of thiophene rings is 1. The van der Waals surface area contributed by atoms with Crippen molar-refractivity contribution in [3.05, 3.63) is 301 Å². The molecular formula is C73H46N2S. The third kappa shape index (κ3) is 6.15. The summed E-state index contributed by atoms with van der Waals surface area (Å²) in [4.78, 5) is 4.94. The molecule has 1 spiro atoms. The van der Waals surface area contributed by atoms with Crippen LogP contribution in [0.4, 0.5) is 34.1 Å². The molecule has 0 N–H and O–H groups in total. The third-order valence-corrected chi connectivity index (χ3v) is 17.6. The van der Waals surface area contributed by atoms with Gasteiger partial charge in [0, 0.05) is 53.9 Å². The Bertz CT molecular complexity index is 4490. The zero-order valence-electron chi connectivity index (χ0n) is 41.4. The van der Waals surface area contributed by atoms with Crippen molar-refractivity contribution in [1.29, 1.82) is 0 Å². The number of nitrogens with zero attached hydrogens (tertiary/aromatic N) is 2. The Kier molecular flexibility index (Phi) is 9.45. The molecule has 0 saturated carbocycles. The lowest BCUT2D eigenvalue weighted by molar-refractivity contribution is 0.776. The van der Waals surface area contributed by atoms with Crippen molar-refractivity contribution < 1.29 is 0 Å². The molecule has 354 valence electrons.